The molecule has 0 saturated heterocycles. The Morgan fingerprint density at radius 1 is 1.06 bits per heavy atom. The first kappa shape index (κ1) is 24.3. The molecule has 0 aliphatic carbocycles. The number of fused-ring (bicyclic) bond motifs is 2. The highest BCUT2D eigenvalue weighted by molar-refractivity contribution is 7.99. The maximum Gasteiger partial charge on any atom is 0.251 e. The molecule has 0 unspecified atom stereocenters. The number of carbonyl (C=O) groups is 1. The molecule has 3 nitrogen and oxygen atoms in total. The molecule has 1 N–H and O–H groups in total. The van der Waals surface area contributed by atoms with E-state index in [4.69, 9.17) is 28.2 Å². The summed E-state index contributed by atoms with van der Waals surface area (Å²) in [5.74, 6) is 0.326. The van der Waals surface area contributed by atoms with E-state index in [9.17, 15) is 4.79 Å². The summed E-state index contributed by atoms with van der Waals surface area (Å²) in [7, 11) is 0. The van der Waals surface area contributed by atoms with Gasteiger partial charge in [0, 0.05) is 44.8 Å². The molecule has 0 fully saturated rings. The van der Waals surface area contributed by atoms with Gasteiger partial charge in [-0.15, -0.1) is 11.6 Å². The molecule has 4 rings (SSSR count). The van der Waals surface area contributed by atoms with Crippen LogP contribution in [0.5, 0.6) is 0 Å². The van der Waals surface area contributed by atoms with E-state index < -0.39 is 0 Å². The number of carbonyl (C=O) groups excluding carboxylic acids is 1. The topological polar surface area (TPSA) is 41.5 Å². The minimum atomic E-state index is -0.159. The van der Waals surface area contributed by atoms with Gasteiger partial charge in [0.05, 0.1) is 11.4 Å². The zero-order valence-corrected chi connectivity index (χ0v) is 21.1. The molecule has 1 aliphatic heterocycles. The monoisotopic (exact) mass is 506 g/mol. The summed E-state index contributed by atoms with van der Waals surface area (Å²) >= 11 is 13.6. The minimum absolute atomic E-state index is 0.159. The third-order valence-electron chi connectivity index (χ3n) is 5.34. The Labute approximate surface area is 214 Å². The molecule has 34 heavy (non-hydrogen) atoms. The van der Waals surface area contributed by atoms with E-state index in [1.165, 1.54) is 5.57 Å². The predicted octanol–water partition coefficient (Wildman–Crippen LogP) is 7.99. The summed E-state index contributed by atoms with van der Waals surface area (Å²) in [6.45, 7) is 2.45. The average molecular weight is 507 g/mol. The maximum absolute atomic E-state index is 12.9. The van der Waals surface area contributed by atoms with Crippen molar-refractivity contribution in [3.8, 4) is 0 Å². The van der Waals surface area contributed by atoms with Crippen LogP contribution in [0.4, 0.5) is 5.69 Å². The standard InChI is InChI=1S/C28H24Cl2N2OS/c1-19(8-6-7-15-29)16-24-22-10-3-5-12-26(22)34-27-14-13-20(17-25(27)32-24)28(33)31-18-21-9-2-4-11-23(21)30/h2-14,17H,15-16,18H2,1H3,(H,31,33)/b7-6-,19-8+. The number of halogens is 2. The molecule has 1 aliphatic rings. The molecule has 0 saturated carbocycles. The Bertz CT molecular complexity index is 1300. The van der Waals surface area contributed by atoms with E-state index in [0.717, 1.165) is 32.3 Å². The van der Waals surface area contributed by atoms with Crippen LogP contribution in [0.2, 0.25) is 5.02 Å². The number of allylic oxidation sites excluding steroid dienone is 4. The van der Waals surface area contributed by atoms with Crippen LogP contribution >= 0.6 is 35.0 Å². The van der Waals surface area contributed by atoms with Crippen molar-refractivity contribution in [3.63, 3.8) is 0 Å². The molecule has 0 radical (unpaired) electrons. The van der Waals surface area contributed by atoms with Crippen molar-refractivity contribution in [2.45, 2.75) is 29.7 Å². The molecule has 0 spiro atoms. The van der Waals surface area contributed by atoms with Crippen LogP contribution < -0.4 is 5.32 Å². The van der Waals surface area contributed by atoms with Crippen molar-refractivity contribution in [2.75, 3.05) is 5.88 Å². The lowest BCUT2D eigenvalue weighted by molar-refractivity contribution is 0.0951. The van der Waals surface area contributed by atoms with Crippen molar-refractivity contribution >= 4 is 52.3 Å². The highest BCUT2D eigenvalue weighted by Gasteiger charge is 2.19. The smallest absolute Gasteiger partial charge is 0.251 e. The van der Waals surface area contributed by atoms with E-state index in [2.05, 4.69) is 30.4 Å². The predicted molar refractivity (Wildman–Crippen MR) is 144 cm³/mol. The molecule has 3 aromatic carbocycles. The number of hydrogen-bond donors (Lipinski definition) is 1. The van der Waals surface area contributed by atoms with Crippen LogP contribution in [-0.2, 0) is 6.54 Å². The Kier molecular flexibility index (Phi) is 8.28. The van der Waals surface area contributed by atoms with Crippen LogP contribution in [0.3, 0.4) is 0 Å². The Morgan fingerprint density at radius 2 is 1.85 bits per heavy atom. The summed E-state index contributed by atoms with van der Waals surface area (Å²) in [5, 5.41) is 3.60. The summed E-state index contributed by atoms with van der Waals surface area (Å²) < 4.78 is 0. The summed E-state index contributed by atoms with van der Waals surface area (Å²) in [6, 6.07) is 21.5. The fourth-order valence-corrected chi connectivity index (χ4v) is 4.94. The molecule has 6 heteroatoms. The number of rotatable bonds is 7. The molecule has 0 atom stereocenters. The maximum atomic E-state index is 12.9. The average Bonchev–Trinajstić information content (AvgIpc) is 2.99. The van der Waals surface area contributed by atoms with Gasteiger partial charge in [0.25, 0.3) is 5.91 Å². The quantitative estimate of drug-likeness (QED) is 0.260. The highest BCUT2D eigenvalue weighted by Crippen LogP contribution is 2.41. The summed E-state index contributed by atoms with van der Waals surface area (Å²) in [6.07, 6.45) is 6.64. The molecular formula is C28H24Cl2N2OS. The number of alkyl halides is 1. The minimum Gasteiger partial charge on any atom is -0.348 e. The SMILES string of the molecule is C/C(=C\C=C/CCl)CC1=Nc2cc(C(=O)NCc3ccccc3Cl)ccc2Sc2ccccc21. The lowest BCUT2D eigenvalue weighted by Crippen LogP contribution is -2.22. The first-order chi connectivity index (χ1) is 16.5. The van der Waals surface area contributed by atoms with Crippen LogP contribution in [0.15, 0.2) is 105 Å². The molecule has 1 amide bonds. The summed E-state index contributed by atoms with van der Waals surface area (Å²) in [5.41, 5.74) is 5.51. The van der Waals surface area contributed by atoms with Gasteiger partial charge >= 0.3 is 0 Å². The number of aliphatic imine (C=N–C) groups is 1. The van der Waals surface area contributed by atoms with Crippen LogP contribution in [0, 0.1) is 0 Å². The van der Waals surface area contributed by atoms with Crippen molar-refractivity contribution in [2.24, 2.45) is 4.99 Å². The van der Waals surface area contributed by atoms with Gasteiger partial charge < -0.3 is 5.32 Å². The summed E-state index contributed by atoms with van der Waals surface area (Å²) in [4.78, 5) is 20.1. The fraction of sp³-hybridized carbons (Fsp3) is 0.143. The van der Waals surface area contributed by atoms with Gasteiger partial charge in [-0.2, -0.15) is 0 Å². The second-order valence-electron chi connectivity index (χ2n) is 7.89. The number of amides is 1. The van der Waals surface area contributed by atoms with E-state index >= 15 is 0 Å². The van der Waals surface area contributed by atoms with Crippen molar-refractivity contribution < 1.29 is 4.79 Å². The molecular weight excluding hydrogens is 483 g/mol. The first-order valence-electron chi connectivity index (χ1n) is 10.9. The zero-order valence-electron chi connectivity index (χ0n) is 18.7. The van der Waals surface area contributed by atoms with Crippen LogP contribution in [-0.4, -0.2) is 17.5 Å². The Hall–Kier alpha value is -2.79. The van der Waals surface area contributed by atoms with Crippen molar-refractivity contribution in [3.05, 3.63) is 112 Å². The molecule has 172 valence electrons. The van der Waals surface area contributed by atoms with Gasteiger partial charge in [-0.05, 0) is 42.8 Å². The van der Waals surface area contributed by atoms with E-state index in [1.54, 1.807) is 11.8 Å². The van der Waals surface area contributed by atoms with Gasteiger partial charge in [0.2, 0.25) is 0 Å². The van der Waals surface area contributed by atoms with Crippen LogP contribution in [0.25, 0.3) is 0 Å². The van der Waals surface area contributed by atoms with Gasteiger partial charge in [-0.3, -0.25) is 9.79 Å². The third-order valence-corrected chi connectivity index (χ3v) is 7.03. The zero-order chi connectivity index (χ0) is 23.9. The number of nitrogens with one attached hydrogen (secondary N) is 1. The van der Waals surface area contributed by atoms with Gasteiger partial charge in [0.1, 0.15) is 0 Å². The Balaban J connectivity index is 1.62. The molecule has 3 aromatic rings. The van der Waals surface area contributed by atoms with Gasteiger partial charge in [0.15, 0.2) is 0 Å². The third kappa shape index (κ3) is 6.01. The normalized spacial score (nSPS) is 13.1. The van der Waals surface area contributed by atoms with E-state index in [1.807, 2.05) is 66.7 Å². The van der Waals surface area contributed by atoms with E-state index in [-0.39, 0.29) is 5.91 Å². The lowest BCUT2D eigenvalue weighted by atomic mass is 10.0. The number of hydrogen-bond acceptors (Lipinski definition) is 3. The van der Waals surface area contributed by atoms with Crippen molar-refractivity contribution in [1.82, 2.24) is 5.32 Å². The molecule has 0 aromatic heterocycles. The van der Waals surface area contributed by atoms with E-state index in [0.29, 0.717) is 29.4 Å². The lowest BCUT2D eigenvalue weighted by Gasteiger charge is -2.09. The molecule has 1 heterocycles. The first-order valence-corrected chi connectivity index (χ1v) is 12.7. The fourth-order valence-electron chi connectivity index (χ4n) is 3.61. The van der Waals surface area contributed by atoms with Crippen molar-refractivity contribution in [1.29, 1.82) is 0 Å². The number of benzene rings is 3. The van der Waals surface area contributed by atoms with Gasteiger partial charge in [-0.25, -0.2) is 0 Å². The largest absolute Gasteiger partial charge is 0.348 e. The Morgan fingerprint density at radius 3 is 2.68 bits per heavy atom. The molecule has 0 bridgehead atoms. The van der Waals surface area contributed by atoms with Crippen LogP contribution in [0.1, 0.15) is 34.8 Å². The second kappa shape index (κ2) is 11.6. The number of nitrogens with zero attached hydrogens (tertiary/aromatic N) is 1. The highest BCUT2D eigenvalue weighted by atomic mass is 35.5. The second-order valence-corrected chi connectivity index (χ2v) is 9.69. The van der Waals surface area contributed by atoms with Gasteiger partial charge in [-0.1, -0.05) is 83.6 Å².